The second-order valence-corrected chi connectivity index (χ2v) is 6.47. The molecule has 1 amide bonds. The van der Waals surface area contributed by atoms with Crippen LogP contribution in [-0.4, -0.2) is 15.9 Å². The Bertz CT molecular complexity index is 1030. The standard InChI is InChI=1S/C20H15N3O2S/c24-19(18-10-7-15-3-1-2-4-17(15)23-18)22-13-14-5-8-16(9-6-14)25-20-21-11-12-26-20/h1-12H,13H2,(H,22,24). The van der Waals surface area contributed by atoms with Gasteiger partial charge < -0.3 is 10.1 Å². The van der Waals surface area contributed by atoms with E-state index >= 15 is 0 Å². The quantitative estimate of drug-likeness (QED) is 0.572. The summed E-state index contributed by atoms with van der Waals surface area (Å²) in [5.74, 6) is 0.519. The number of ether oxygens (including phenoxy) is 1. The highest BCUT2D eigenvalue weighted by atomic mass is 32.1. The lowest BCUT2D eigenvalue weighted by Crippen LogP contribution is -2.23. The molecule has 1 N–H and O–H groups in total. The van der Waals surface area contributed by atoms with E-state index in [-0.39, 0.29) is 5.91 Å². The molecule has 0 aliphatic rings. The topological polar surface area (TPSA) is 64.1 Å². The van der Waals surface area contributed by atoms with Crippen molar-refractivity contribution in [1.29, 1.82) is 0 Å². The van der Waals surface area contributed by atoms with Crippen LogP contribution in [0.4, 0.5) is 0 Å². The molecule has 0 saturated heterocycles. The number of rotatable bonds is 5. The molecule has 0 unspecified atom stereocenters. The van der Waals surface area contributed by atoms with Gasteiger partial charge in [-0.2, -0.15) is 0 Å². The molecule has 0 bridgehead atoms. The summed E-state index contributed by atoms with van der Waals surface area (Å²) in [6, 6.07) is 18.9. The summed E-state index contributed by atoms with van der Waals surface area (Å²) in [6.45, 7) is 0.422. The summed E-state index contributed by atoms with van der Waals surface area (Å²) >= 11 is 1.44. The van der Waals surface area contributed by atoms with Gasteiger partial charge in [0.15, 0.2) is 0 Å². The molecule has 0 fully saturated rings. The molecule has 0 aliphatic carbocycles. The number of hydrogen-bond donors (Lipinski definition) is 1. The number of para-hydroxylation sites is 1. The Kier molecular flexibility index (Phi) is 4.57. The Morgan fingerprint density at radius 1 is 1.04 bits per heavy atom. The molecular weight excluding hydrogens is 346 g/mol. The molecule has 2 aromatic heterocycles. The van der Waals surface area contributed by atoms with E-state index in [1.807, 2.05) is 60.0 Å². The third-order valence-electron chi connectivity index (χ3n) is 3.82. The number of pyridine rings is 1. The van der Waals surface area contributed by atoms with Crippen molar-refractivity contribution in [2.75, 3.05) is 0 Å². The maximum absolute atomic E-state index is 12.3. The fraction of sp³-hybridized carbons (Fsp3) is 0.0500. The number of hydrogen-bond acceptors (Lipinski definition) is 5. The first-order valence-corrected chi connectivity index (χ1v) is 8.96. The van der Waals surface area contributed by atoms with Crippen molar-refractivity contribution in [1.82, 2.24) is 15.3 Å². The Morgan fingerprint density at radius 3 is 2.69 bits per heavy atom. The highest BCUT2D eigenvalue weighted by molar-refractivity contribution is 7.11. The number of nitrogens with one attached hydrogen (secondary N) is 1. The molecule has 2 heterocycles. The van der Waals surface area contributed by atoms with Crippen molar-refractivity contribution in [3.63, 3.8) is 0 Å². The summed E-state index contributed by atoms with van der Waals surface area (Å²) in [4.78, 5) is 20.8. The zero-order valence-corrected chi connectivity index (χ0v) is 14.6. The van der Waals surface area contributed by atoms with Gasteiger partial charge in [0.1, 0.15) is 11.4 Å². The minimum atomic E-state index is -0.195. The van der Waals surface area contributed by atoms with E-state index in [0.29, 0.717) is 23.2 Å². The van der Waals surface area contributed by atoms with Gasteiger partial charge in [0.25, 0.3) is 11.1 Å². The third-order valence-corrected chi connectivity index (χ3v) is 4.47. The highest BCUT2D eigenvalue weighted by Gasteiger charge is 2.08. The maximum Gasteiger partial charge on any atom is 0.278 e. The molecule has 4 rings (SSSR count). The average Bonchev–Trinajstić information content (AvgIpc) is 3.20. The predicted molar refractivity (Wildman–Crippen MR) is 102 cm³/mol. The molecule has 2 aromatic carbocycles. The van der Waals surface area contributed by atoms with Gasteiger partial charge in [-0.15, -0.1) is 0 Å². The Labute approximate surface area is 154 Å². The van der Waals surface area contributed by atoms with Crippen LogP contribution in [0, 0.1) is 0 Å². The number of amides is 1. The molecule has 0 spiro atoms. The zero-order chi connectivity index (χ0) is 17.8. The van der Waals surface area contributed by atoms with Crippen molar-refractivity contribution in [2.45, 2.75) is 6.54 Å². The summed E-state index contributed by atoms with van der Waals surface area (Å²) in [7, 11) is 0. The number of nitrogens with zero attached hydrogens (tertiary/aromatic N) is 2. The van der Waals surface area contributed by atoms with Crippen LogP contribution in [0.2, 0.25) is 0 Å². The number of carbonyl (C=O) groups excluding carboxylic acids is 1. The van der Waals surface area contributed by atoms with Crippen LogP contribution < -0.4 is 10.1 Å². The second-order valence-electron chi connectivity index (χ2n) is 5.62. The molecule has 0 saturated carbocycles. The number of aromatic nitrogens is 2. The van der Waals surface area contributed by atoms with Crippen LogP contribution in [0.3, 0.4) is 0 Å². The fourth-order valence-electron chi connectivity index (χ4n) is 2.50. The number of benzene rings is 2. The van der Waals surface area contributed by atoms with E-state index in [4.69, 9.17) is 4.74 Å². The van der Waals surface area contributed by atoms with E-state index in [1.54, 1.807) is 12.3 Å². The smallest absolute Gasteiger partial charge is 0.278 e. The summed E-state index contributed by atoms with van der Waals surface area (Å²) in [5, 5.41) is 6.37. The van der Waals surface area contributed by atoms with Crippen molar-refractivity contribution < 1.29 is 9.53 Å². The van der Waals surface area contributed by atoms with Gasteiger partial charge in [-0.25, -0.2) is 9.97 Å². The molecule has 4 aromatic rings. The molecule has 5 nitrogen and oxygen atoms in total. The summed E-state index contributed by atoms with van der Waals surface area (Å²) in [5.41, 5.74) is 2.20. The van der Waals surface area contributed by atoms with Crippen LogP contribution in [0.1, 0.15) is 16.1 Å². The number of fused-ring (bicyclic) bond motifs is 1. The van der Waals surface area contributed by atoms with Gasteiger partial charge in [-0.3, -0.25) is 4.79 Å². The Hall–Kier alpha value is -3.25. The first kappa shape index (κ1) is 16.2. The largest absolute Gasteiger partial charge is 0.431 e. The van der Waals surface area contributed by atoms with Crippen LogP contribution in [0.25, 0.3) is 10.9 Å². The van der Waals surface area contributed by atoms with Crippen molar-refractivity contribution in [2.24, 2.45) is 0 Å². The molecule has 0 atom stereocenters. The molecule has 26 heavy (non-hydrogen) atoms. The first-order valence-electron chi connectivity index (χ1n) is 8.08. The second kappa shape index (κ2) is 7.33. The van der Waals surface area contributed by atoms with Gasteiger partial charge in [-0.1, -0.05) is 47.7 Å². The van der Waals surface area contributed by atoms with Gasteiger partial charge >= 0.3 is 0 Å². The molecular formula is C20H15N3O2S. The van der Waals surface area contributed by atoms with Gasteiger partial charge in [0, 0.05) is 23.5 Å². The summed E-state index contributed by atoms with van der Waals surface area (Å²) in [6.07, 6.45) is 1.70. The Balaban J connectivity index is 1.38. The van der Waals surface area contributed by atoms with Crippen LogP contribution >= 0.6 is 11.3 Å². The van der Waals surface area contributed by atoms with Crippen LogP contribution in [0.15, 0.2) is 72.2 Å². The van der Waals surface area contributed by atoms with Crippen LogP contribution in [-0.2, 0) is 6.54 Å². The molecule has 0 radical (unpaired) electrons. The normalized spacial score (nSPS) is 10.6. The van der Waals surface area contributed by atoms with Crippen LogP contribution in [0.5, 0.6) is 10.9 Å². The van der Waals surface area contributed by atoms with E-state index in [1.165, 1.54) is 11.3 Å². The van der Waals surface area contributed by atoms with Gasteiger partial charge in [0.2, 0.25) is 0 Å². The van der Waals surface area contributed by atoms with Gasteiger partial charge in [-0.05, 0) is 29.8 Å². The SMILES string of the molecule is O=C(NCc1ccc(Oc2nccs2)cc1)c1ccc2ccccc2n1. The lowest BCUT2D eigenvalue weighted by molar-refractivity contribution is 0.0946. The first-order chi connectivity index (χ1) is 12.8. The Morgan fingerprint density at radius 2 is 1.88 bits per heavy atom. The maximum atomic E-state index is 12.3. The number of thiazole rings is 1. The van der Waals surface area contributed by atoms with E-state index in [2.05, 4.69) is 15.3 Å². The molecule has 6 heteroatoms. The molecule has 0 aliphatic heterocycles. The van der Waals surface area contributed by atoms with E-state index < -0.39 is 0 Å². The van der Waals surface area contributed by atoms with Gasteiger partial charge in [0.05, 0.1) is 5.52 Å². The minimum absolute atomic E-state index is 0.195. The highest BCUT2D eigenvalue weighted by Crippen LogP contribution is 2.23. The van der Waals surface area contributed by atoms with E-state index in [9.17, 15) is 4.79 Å². The minimum Gasteiger partial charge on any atom is -0.431 e. The number of carbonyl (C=O) groups is 1. The fourth-order valence-corrected chi connectivity index (χ4v) is 3.01. The average molecular weight is 361 g/mol. The van der Waals surface area contributed by atoms with Crippen molar-refractivity contribution >= 4 is 28.1 Å². The molecule has 128 valence electrons. The zero-order valence-electron chi connectivity index (χ0n) is 13.8. The van der Waals surface area contributed by atoms with E-state index in [0.717, 1.165) is 16.5 Å². The monoisotopic (exact) mass is 361 g/mol. The van der Waals surface area contributed by atoms with Crippen molar-refractivity contribution in [3.05, 3.63) is 83.5 Å². The predicted octanol–water partition coefficient (Wildman–Crippen LogP) is 4.41. The lowest BCUT2D eigenvalue weighted by atomic mass is 10.2. The van der Waals surface area contributed by atoms with Crippen molar-refractivity contribution in [3.8, 4) is 10.9 Å². The summed E-state index contributed by atoms with van der Waals surface area (Å²) < 4.78 is 5.62. The third kappa shape index (κ3) is 3.70. The lowest BCUT2D eigenvalue weighted by Gasteiger charge is -2.07.